The van der Waals surface area contributed by atoms with Crippen LogP contribution in [0, 0.1) is 13.8 Å². The van der Waals surface area contributed by atoms with Gasteiger partial charge in [-0.15, -0.1) is 0 Å². The Labute approximate surface area is 383 Å². The maximum Gasteiger partial charge on any atom is 0.412 e. The van der Waals surface area contributed by atoms with Gasteiger partial charge in [0.1, 0.15) is 28.2 Å². The normalized spacial score (nSPS) is 11.9. The first-order chi connectivity index (χ1) is 32.2. The minimum atomic E-state index is -0.858. The summed E-state index contributed by atoms with van der Waals surface area (Å²) in [5, 5.41) is 20.0. The summed E-state index contributed by atoms with van der Waals surface area (Å²) in [6, 6.07) is 9.01. The van der Waals surface area contributed by atoms with Crippen LogP contribution in [0.5, 0.6) is 11.5 Å². The second-order valence-corrected chi connectivity index (χ2v) is 14.7. The molecule has 10 N–H and O–H groups in total. The van der Waals surface area contributed by atoms with Gasteiger partial charge in [0.15, 0.2) is 5.75 Å². The molecule has 23 nitrogen and oxygen atoms in total. The van der Waals surface area contributed by atoms with Crippen molar-refractivity contribution in [3.8, 4) is 11.5 Å². The van der Waals surface area contributed by atoms with Crippen LogP contribution in [0.3, 0.4) is 0 Å². The SMILES string of the molecule is CCn1nc(C)cc1C(=O)Nc1nc2cc(C(N)=O)cc(OC)c2n1C/C=C/Cn1c(NC(=O)c2cc(C)nn2CC)nc2cc(C(N)=O)cc(OC(=O)NC/C=C/CN=C/C(=C\N)NC)c21. The van der Waals surface area contributed by atoms with Crippen molar-refractivity contribution in [3.63, 3.8) is 0 Å². The van der Waals surface area contributed by atoms with Crippen LogP contribution in [0.4, 0.5) is 16.7 Å². The average Bonchev–Trinajstić information content (AvgIpc) is 4.07. The van der Waals surface area contributed by atoms with E-state index in [1.54, 1.807) is 82.0 Å². The van der Waals surface area contributed by atoms with Gasteiger partial charge in [0.25, 0.3) is 11.8 Å². The number of methoxy groups -OCH3 is 1. The number of primary amides is 2. The quantitative estimate of drug-likeness (QED) is 0.0428. The molecule has 0 aliphatic heterocycles. The number of aromatic nitrogens is 8. The number of nitrogens with two attached hydrogens (primary N) is 3. The first-order valence-electron chi connectivity index (χ1n) is 21.0. The van der Waals surface area contributed by atoms with E-state index in [9.17, 15) is 24.0 Å². The number of nitrogens with one attached hydrogen (secondary N) is 4. The lowest BCUT2D eigenvalue weighted by Crippen LogP contribution is -2.27. The van der Waals surface area contributed by atoms with Gasteiger partial charge in [-0.3, -0.25) is 44.2 Å². The second kappa shape index (κ2) is 21.3. The summed E-state index contributed by atoms with van der Waals surface area (Å²) in [7, 11) is 3.15. The number of anilines is 2. The van der Waals surface area contributed by atoms with Gasteiger partial charge in [-0.25, -0.2) is 14.8 Å². The Morgan fingerprint density at radius 2 is 1.24 bits per heavy atom. The van der Waals surface area contributed by atoms with Crippen molar-refractivity contribution in [2.45, 2.75) is 53.9 Å². The Kier molecular flexibility index (Phi) is 15.2. The molecule has 0 bridgehead atoms. The zero-order chi connectivity index (χ0) is 48.4. The van der Waals surface area contributed by atoms with E-state index in [1.165, 1.54) is 37.6 Å². The Morgan fingerprint density at radius 3 is 1.70 bits per heavy atom. The lowest BCUT2D eigenvalue weighted by atomic mass is 10.1. The van der Waals surface area contributed by atoms with E-state index >= 15 is 0 Å². The van der Waals surface area contributed by atoms with Crippen molar-refractivity contribution in [2.24, 2.45) is 22.2 Å². The second-order valence-electron chi connectivity index (χ2n) is 14.7. The summed E-state index contributed by atoms with van der Waals surface area (Å²) >= 11 is 0. The highest BCUT2D eigenvalue weighted by Crippen LogP contribution is 2.33. The van der Waals surface area contributed by atoms with Crippen molar-refractivity contribution < 1.29 is 33.4 Å². The van der Waals surface area contributed by atoms with Crippen LogP contribution in [-0.4, -0.2) is 102 Å². The summed E-state index contributed by atoms with van der Waals surface area (Å²) < 4.78 is 17.9. The van der Waals surface area contributed by atoms with Gasteiger partial charge in [-0.1, -0.05) is 24.3 Å². The lowest BCUT2D eigenvalue weighted by molar-refractivity contribution is 0.0991. The van der Waals surface area contributed by atoms with Gasteiger partial charge < -0.3 is 46.4 Å². The number of allylic oxidation sites excluding steroid dienone is 3. The van der Waals surface area contributed by atoms with Gasteiger partial charge in [0.2, 0.25) is 23.7 Å². The first-order valence-corrected chi connectivity index (χ1v) is 21.0. The monoisotopic (exact) mass is 916 g/mol. The van der Waals surface area contributed by atoms with Gasteiger partial charge in [-0.2, -0.15) is 10.2 Å². The largest absolute Gasteiger partial charge is 0.494 e. The number of ether oxygens (including phenoxy) is 2. The van der Waals surface area contributed by atoms with Crippen LogP contribution in [0.2, 0.25) is 0 Å². The molecular weight excluding hydrogens is 865 g/mol. The standard InChI is InChI=1S/C44H52N16O7/c1-7-59-32(17-25(3)55-59)40(63)53-42-51-30-19-27(38(46)61)21-34(66-6)36(30)57(42)15-11-12-16-58-37-31(52-43(58)54-41(64)33-18-26(4)56-60(33)8-2)20-28(39(47)62)22-35(37)67-44(65)50-14-10-9-13-49-24-29(23-45)48-5/h9-12,17-24,48H,7-8,13-16,45H2,1-6H3,(H2,46,61)(H2,47,62)(H,50,65)(H,51,53,63)(H,52,54,64)/b10-9+,12-11+,29-23+,49-24?. The number of imidazole rings is 2. The fourth-order valence-electron chi connectivity index (χ4n) is 6.99. The van der Waals surface area contributed by atoms with Crippen molar-refractivity contribution in [3.05, 3.63) is 107 Å². The molecule has 6 aromatic rings. The summed E-state index contributed by atoms with van der Waals surface area (Å²) in [5.74, 6) is -2.15. The number of aliphatic imine (C=N–C) groups is 1. The predicted octanol–water partition coefficient (Wildman–Crippen LogP) is 3.14. The molecule has 0 saturated heterocycles. The maximum atomic E-state index is 13.8. The van der Waals surface area contributed by atoms with Crippen LogP contribution in [0.15, 0.2) is 77.6 Å². The zero-order valence-electron chi connectivity index (χ0n) is 37.8. The van der Waals surface area contributed by atoms with Gasteiger partial charge in [0, 0.05) is 63.3 Å². The molecule has 67 heavy (non-hydrogen) atoms. The lowest BCUT2D eigenvalue weighted by Gasteiger charge is -2.13. The summed E-state index contributed by atoms with van der Waals surface area (Å²) in [5.41, 5.74) is 20.7. The van der Waals surface area contributed by atoms with E-state index in [2.05, 4.69) is 46.4 Å². The fraction of sp³-hybridized carbons (Fsp3) is 0.273. The highest BCUT2D eigenvalue weighted by Gasteiger charge is 2.24. The molecule has 350 valence electrons. The minimum Gasteiger partial charge on any atom is -0.494 e. The Bertz CT molecular complexity index is 2990. The smallest absolute Gasteiger partial charge is 0.412 e. The molecule has 4 aromatic heterocycles. The molecule has 0 fully saturated rings. The van der Waals surface area contributed by atoms with E-state index in [0.717, 1.165) is 0 Å². The number of aryl methyl sites for hydroxylation is 4. The van der Waals surface area contributed by atoms with Crippen LogP contribution in [-0.2, 0) is 26.2 Å². The molecule has 0 aliphatic rings. The number of rotatable bonds is 20. The minimum absolute atomic E-state index is 0.00886. The Morgan fingerprint density at radius 1 is 0.731 bits per heavy atom. The number of benzene rings is 2. The third-order valence-corrected chi connectivity index (χ3v) is 10.1. The van der Waals surface area contributed by atoms with Crippen molar-refractivity contribution in [1.29, 1.82) is 0 Å². The third kappa shape index (κ3) is 11.0. The number of nitrogens with zero attached hydrogens (tertiary/aromatic N) is 9. The highest BCUT2D eigenvalue weighted by atomic mass is 16.6. The molecule has 5 amide bonds. The third-order valence-electron chi connectivity index (χ3n) is 10.1. The number of carbonyl (C=O) groups excluding carboxylic acids is 5. The molecule has 2 aromatic carbocycles. The van der Waals surface area contributed by atoms with E-state index in [4.69, 9.17) is 26.7 Å². The molecule has 23 heteroatoms. The number of hydrogen-bond acceptors (Lipinski definition) is 14. The van der Waals surface area contributed by atoms with E-state index in [0.29, 0.717) is 53.4 Å². The van der Waals surface area contributed by atoms with Gasteiger partial charge in [-0.05, 0) is 64.1 Å². The van der Waals surface area contributed by atoms with Crippen molar-refractivity contribution in [2.75, 3.05) is 37.9 Å². The van der Waals surface area contributed by atoms with Crippen molar-refractivity contribution >= 4 is 69.9 Å². The molecule has 0 radical (unpaired) electrons. The maximum absolute atomic E-state index is 13.8. The summed E-state index contributed by atoms with van der Waals surface area (Å²) in [4.78, 5) is 79.1. The van der Waals surface area contributed by atoms with Crippen LogP contribution >= 0.6 is 0 Å². The van der Waals surface area contributed by atoms with Crippen molar-refractivity contribution in [1.82, 2.24) is 49.3 Å². The molecule has 6 rings (SSSR count). The average molecular weight is 917 g/mol. The molecule has 0 saturated carbocycles. The number of carbonyl (C=O) groups is 5. The number of amides is 5. The van der Waals surface area contributed by atoms with Crippen LogP contribution in [0.1, 0.15) is 66.9 Å². The summed E-state index contributed by atoms with van der Waals surface area (Å²) in [6.45, 7) is 8.61. The van der Waals surface area contributed by atoms with E-state index in [1.807, 2.05) is 13.8 Å². The molecule has 0 spiro atoms. The Hall–Kier alpha value is -8.76. The molecule has 4 heterocycles. The Balaban J connectivity index is 1.37. The topological polar surface area (TPSA) is 314 Å². The molecule has 0 aliphatic carbocycles. The van der Waals surface area contributed by atoms with E-state index in [-0.39, 0.29) is 70.9 Å². The van der Waals surface area contributed by atoms with E-state index < -0.39 is 29.7 Å². The summed E-state index contributed by atoms with van der Waals surface area (Å²) in [6.07, 6.45) is 9.01. The van der Waals surface area contributed by atoms with Crippen LogP contribution < -0.4 is 47.9 Å². The zero-order valence-corrected chi connectivity index (χ0v) is 37.8. The fourth-order valence-corrected chi connectivity index (χ4v) is 6.99. The molecular formula is C44H52N16O7. The molecule has 0 atom stereocenters. The molecule has 0 unspecified atom stereocenters. The highest BCUT2D eigenvalue weighted by molar-refractivity contribution is 6.05. The van der Waals surface area contributed by atoms with Gasteiger partial charge >= 0.3 is 6.09 Å². The predicted molar refractivity (Wildman–Crippen MR) is 251 cm³/mol. The van der Waals surface area contributed by atoms with Gasteiger partial charge in [0.05, 0.1) is 41.8 Å². The first kappa shape index (κ1) is 47.7. The number of hydrogen-bond donors (Lipinski definition) is 7. The van der Waals surface area contributed by atoms with Crippen LogP contribution in [0.25, 0.3) is 22.1 Å². The number of fused-ring (bicyclic) bond motifs is 2.